The highest BCUT2D eigenvalue weighted by molar-refractivity contribution is 7.99. The second kappa shape index (κ2) is 25.7. The van der Waals surface area contributed by atoms with Crippen molar-refractivity contribution in [1.29, 1.82) is 0 Å². The van der Waals surface area contributed by atoms with Crippen molar-refractivity contribution in [2.45, 2.75) is 70.7 Å². The van der Waals surface area contributed by atoms with Crippen LogP contribution in [0, 0.1) is 0 Å². The molecule has 0 aliphatic heterocycles. The number of esters is 1. The lowest BCUT2D eigenvalue weighted by Gasteiger charge is -2.36. The van der Waals surface area contributed by atoms with Gasteiger partial charge in [-0.2, -0.15) is 11.8 Å². The maximum atomic E-state index is 13.1. The van der Waals surface area contributed by atoms with E-state index in [-0.39, 0.29) is 36.8 Å². The molecule has 3 aromatic rings. The van der Waals surface area contributed by atoms with E-state index in [0.29, 0.717) is 83.6 Å². The normalized spacial score (nSPS) is 13.3. The molecule has 286 valence electrons. The summed E-state index contributed by atoms with van der Waals surface area (Å²) >= 11 is 1.62. The number of hydrogen-bond donors (Lipinski definition) is 1. The van der Waals surface area contributed by atoms with Crippen LogP contribution in [0.1, 0.15) is 63.6 Å². The van der Waals surface area contributed by atoms with Crippen molar-refractivity contribution in [1.82, 2.24) is 5.32 Å². The van der Waals surface area contributed by atoms with Crippen molar-refractivity contribution in [2.24, 2.45) is 0 Å². The smallest absolute Gasteiger partial charge is 0.306 e. The molecule has 3 atom stereocenters. The van der Waals surface area contributed by atoms with Gasteiger partial charge in [-0.1, -0.05) is 91.0 Å². The third-order valence-electron chi connectivity index (χ3n) is 8.45. The Morgan fingerprint density at radius 3 is 1.71 bits per heavy atom. The lowest BCUT2D eigenvalue weighted by Crippen LogP contribution is -2.33. The van der Waals surface area contributed by atoms with Gasteiger partial charge in [-0.3, -0.25) is 9.59 Å². The molecule has 0 aliphatic rings. The van der Waals surface area contributed by atoms with Crippen LogP contribution in [0.4, 0.5) is 0 Å². The van der Waals surface area contributed by atoms with Crippen molar-refractivity contribution in [3.8, 4) is 0 Å². The van der Waals surface area contributed by atoms with Crippen molar-refractivity contribution in [2.75, 3.05) is 70.9 Å². The van der Waals surface area contributed by atoms with Crippen LogP contribution in [0.3, 0.4) is 0 Å². The van der Waals surface area contributed by atoms with E-state index < -0.39 is 5.41 Å². The summed E-state index contributed by atoms with van der Waals surface area (Å²) in [5, 5.41) is 3.07. The maximum Gasteiger partial charge on any atom is 0.306 e. The van der Waals surface area contributed by atoms with Crippen LogP contribution < -0.4 is 5.32 Å². The van der Waals surface area contributed by atoms with E-state index in [4.69, 9.17) is 28.4 Å². The number of carbonyl (C=O) groups excluding carboxylic acids is 2. The molecule has 0 bridgehead atoms. The molecular formula is C42H59NO8S. The fraction of sp³-hybridized carbons (Fsp3) is 0.524. The summed E-state index contributed by atoms with van der Waals surface area (Å²) in [6.45, 7) is 12.0. The minimum Gasteiger partial charge on any atom is -0.463 e. The Labute approximate surface area is 315 Å². The first-order chi connectivity index (χ1) is 25.3. The van der Waals surface area contributed by atoms with Gasteiger partial charge in [-0.15, -0.1) is 0 Å². The molecule has 9 nitrogen and oxygen atoms in total. The van der Waals surface area contributed by atoms with Crippen LogP contribution in [-0.2, 0) is 43.4 Å². The molecule has 0 fully saturated rings. The topological polar surface area (TPSA) is 102 Å². The van der Waals surface area contributed by atoms with Crippen LogP contribution in [0.25, 0.3) is 0 Å². The summed E-state index contributed by atoms with van der Waals surface area (Å²) < 4.78 is 33.5. The standard InChI is InChI=1S/C42H59NO8S/c1-5-46-25-27-48-35(3)32-51-36(4)33-50-34(2)31-47-26-28-49-41(45)22-29-52-30-24-43-40(44)21-23-42(37-15-9-6-10-16-37,38-17-11-7-12-18-38)39-19-13-8-14-20-39/h6-20,34-36H,5,21-33H2,1-4H3,(H,43,44). The number of carbonyl (C=O) groups is 2. The molecule has 52 heavy (non-hydrogen) atoms. The molecule has 1 N–H and O–H groups in total. The Morgan fingerprint density at radius 2 is 1.15 bits per heavy atom. The van der Waals surface area contributed by atoms with E-state index >= 15 is 0 Å². The van der Waals surface area contributed by atoms with E-state index in [1.54, 1.807) is 11.8 Å². The molecule has 3 rings (SSSR count). The summed E-state index contributed by atoms with van der Waals surface area (Å²) in [6.07, 6.45) is 1.12. The fourth-order valence-electron chi connectivity index (χ4n) is 5.74. The van der Waals surface area contributed by atoms with Gasteiger partial charge in [0.15, 0.2) is 0 Å². The maximum absolute atomic E-state index is 13.1. The number of thioether (sulfide) groups is 1. The minimum atomic E-state index is -0.458. The molecular weight excluding hydrogens is 679 g/mol. The van der Waals surface area contributed by atoms with E-state index in [0.717, 1.165) is 16.7 Å². The predicted octanol–water partition coefficient (Wildman–Crippen LogP) is 6.85. The van der Waals surface area contributed by atoms with Crippen molar-refractivity contribution in [3.05, 3.63) is 108 Å². The number of rotatable bonds is 28. The molecule has 0 heterocycles. The summed E-state index contributed by atoms with van der Waals surface area (Å²) in [4.78, 5) is 25.2. The largest absolute Gasteiger partial charge is 0.463 e. The van der Waals surface area contributed by atoms with Gasteiger partial charge >= 0.3 is 5.97 Å². The van der Waals surface area contributed by atoms with Crippen LogP contribution in [-0.4, -0.2) is 101 Å². The number of benzene rings is 3. The summed E-state index contributed by atoms with van der Waals surface area (Å²) in [5.74, 6) is 1.09. The highest BCUT2D eigenvalue weighted by Gasteiger charge is 2.36. The second-order valence-electron chi connectivity index (χ2n) is 12.7. The Hall–Kier alpha value is -3.25. The van der Waals surface area contributed by atoms with Gasteiger partial charge < -0.3 is 33.7 Å². The van der Waals surface area contributed by atoms with Crippen LogP contribution in [0.5, 0.6) is 0 Å². The second-order valence-corrected chi connectivity index (χ2v) is 13.9. The van der Waals surface area contributed by atoms with E-state index in [1.165, 1.54) is 0 Å². The first-order valence-electron chi connectivity index (χ1n) is 18.5. The predicted molar refractivity (Wildman–Crippen MR) is 208 cm³/mol. The molecule has 0 radical (unpaired) electrons. The quantitative estimate of drug-likeness (QED) is 0.0487. The summed E-state index contributed by atoms with van der Waals surface area (Å²) in [6, 6.07) is 31.3. The van der Waals surface area contributed by atoms with Crippen LogP contribution >= 0.6 is 11.8 Å². The van der Waals surface area contributed by atoms with Crippen molar-refractivity contribution < 1.29 is 38.0 Å². The Balaban J connectivity index is 1.25. The fourth-order valence-corrected chi connectivity index (χ4v) is 6.50. The zero-order valence-corrected chi connectivity index (χ0v) is 32.3. The SMILES string of the molecule is CCOCCOC(C)COC(C)COC(C)COCCOC(=O)CCSCCNC(=O)CCC(c1ccccc1)(c1ccccc1)c1ccccc1. The third-order valence-corrected chi connectivity index (χ3v) is 9.44. The molecule has 3 unspecified atom stereocenters. The summed E-state index contributed by atoms with van der Waals surface area (Å²) in [5.41, 5.74) is 3.02. The molecule has 0 saturated carbocycles. The number of ether oxygens (including phenoxy) is 6. The van der Waals surface area contributed by atoms with Gasteiger partial charge in [-0.25, -0.2) is 0 Å². The number of nitrogens with one attached hydrogen (secondary N) is 1. The Bertz CT molecular complexity index is 1270. The van der Waals surface area contributed by atoms with Crippen LogP contribution in [0.15, 0.2) is 91.0 Å². The van der Waals surface area contributed by atoms with Gasteiger partial charge in [0.25, 0.3) is 0 Å². The molecule has 1 amide bonds. The average Bonchev–Trinajstić information content (AvgIpc) is 3.17. The van der Waals surface area contributed by atoms with E-state index in [9.17, 15) is 9.59 Å². The van der Waals surface area contributed by atoms with Gasteiger partial charge in [0.05, 0.1) is 64.4 Å². The lowest BCUT2D eigenvalue weighted by atomic mass is 9.66. The molecule has 0 saturated heterocycles. The average molecular weight is 738 g/mol. The van der Waals surface area contributed by atoms with E-state index in [2.05, 4.69) is 78.1 Å². The number of amides is 1. The van der Waals surface area contributed by atoms with Gasteiger partial charge in [0.2, 0.25) is 5.91 Å². The zero-order valence-electron chi connectivity index (χ0n) is 31.5. The van der Waals surface area contributed by atoms with Crippen LogP contribution in [0.2, 0.25) is 0 Å². The highest BCUT2D eigenvalue weighted by Crippen LogP contribution is 2.43. The molecule has 0 aliphatic carbocycles. The van der Waals surface area contributed by atoms with E-state index in [1.807, 2.05) is 45.9 Å². The molecule has 10 heteroatoms. The third kappa shape index (κ3) is 16.2. The monoisotopic (exact) mass is 737 g/mol. The van der Waals surface area contributed by atoms with Gasteiger partial charge in [0, 0.05) is 36.5 Å². The lowest BCUT2D eigenvalue weighted by molar-refractivity contribution is -0.145. The van der Waals surface area contributed by atoms with Gasteiger partial charge in [0.1, 0.15) is 6.61 Å². The Kier molecular flexibility index (Phi) is 21.3. The molecule has 3 aromatic carbocycles. The minimum absolute atomic E-state index is 0.0124. The molecule has 0 spiro atoms. The Morgan fingerprint density at radius 1 is 0.635 bits per heavy atom. The first-order valence-corrected chi connectivity index (χ1v) is 19.7. The van der Waals surface area contributed by atoms with Gasteiger partial charge in [-0.05, 0) is 50.8 Å². The van der Waals surface area contributed by atoms with Crippen molar-refractivity contribution >= 4 is 23.6 Å². The first kappa shape index (κ1) is 43.2. The zero-order chi connectivity index (χ0) is 37.3. The molecule has 0 aromatic heterocycles. The number of hydrogen-bond acceptors (Lipinski definition) is 9. The van der Waals surface area contributed by atoms with Crippen molar-refractivity contribution in [3.63, 3.8) is 0 Å². The summed E-state index contributed by atoms with van der Waals surface area (Å²) in [7, 11) is 0. The highest BCUT2D eigenvalue weighted by atomic mass is 32.2.